The van der Waals surface area contributed by atoms with Crippen LogP contribution in [-0.2, 0) is 16.4 Å². The van der Waals surface area contributed by atoms with Gasteiger partial charge in [0.15, 0.2) is 9.84 Å². The lowest BCUT2D eigenvalue weighted by Gasteiger charge is -2.28. The van der Waals surface area contributed by atoms with Gasteiger partial charge in [-0.25, -0.2) is 12.8 Å². The first kappa shape index (κ1) is 21.3. The number of ether oxygens (including phenoxy) is 1. The molecule has 5 nitrogen and oxygen atoms in total. The normalized spacial score (nSPS) is 17.8. The van der Waals surface area contributed by atoms with Crippen molar-refractivity contribution in [1.82, 2.24) is 4.90 Å². The molecule has 0 spiro atoms. The summed E-state index contributed by atoms with van der Waals surface area (Å²) in [5.74, 6) is -0.0717. The maximum Gasteiger partial charge on any atom is 0.254 e. The first-order valence-electron chi connectivity index (χ1n) is 9.86. The number of amides is 1. The molecule has 156 valence electrons. The van der Waals surface area contributed by atoms with Gasteiger partial charge in [-0.05, 0) is 48.7 Å². The van der Waals surface area contributed by atoms with E-state index in [2.05, 4.69) is 6.92 Å². The van der Waals surface area contributed by atoms with Crippen molar-refractivity contribution in [3.8, 4) is 5.75 Å². The fourth-order valence-corrected chi connectivity index (χ4v) is 5.17. The number of benzene rings is 2. The zero-order valence-electron chi connectivity index (χ0n) is 16.5. The van der Waals surface area contributed by atoms with Gasteiger partial charge in [0.05, 0.1) is 18.1 Å². The molecule has 1 aliphatic heterocycles. The molecular weight excluding hydrogens is 393 g/mol. The van der Waals surface area contributed by atoms with E-state index in [1.54, 1.807) is 41.3 Å². The Balaban J connectivity index is 1.85. The van der Waals surface area contributed by atoms with Crippen LogP contribution in [0, 0.1) is 5.82 Å². The van der Waals surface area contributed by atoms with Crippen molar-refractivity contribution < 1.29 is 22.3 Å². The number of halogens is 1. The number of carbonyl (C=O) groups is 1. The molecule has 0 saturated carbocycles. The van der Waals surface area contributed by atoms with E-state index in [4.69, 9.17) is 4.74 Å². The number of sulfone groups is 1. The third kappa shape index (κ3) is 5.79. The zero-order valence-corrected chi connectivity index (χ0v) is 17.3. The SMILES string of the molecule is CCCCOc1cccc(C(=O)N(Cc2cccc(F)c2)C2CCS(=O)(=O)C2)c1. The lowest BCUT2D eigenvalue weighted by atomic mass is 10.1. The minimum Gasteiger partial charge on any atom is -0.494 e. The van der Waals surface area contributed by atoms with Gasteiger partial charge in [0.1, 0.15) is 11.6 Å². The lowest BCUT2D eigenvalue weighted by molar-refractivity contribution is 0.0680. The fraction of sp³-hybridized carbons (Fsp3) is 0.409. The summed E-state index contributed by atoms with van der Waals surface area (Å²) in [6.07, 6.45) is 2.32. The largest absolute Gasteiger partial charge is 0.494 e. The van der Waals surface area contributed by atoms with E-state index >= 15 is 0 Å². The molecule has 0 aromatic heterocycles. The van der Waals surface area contributed by atoms with Gasteiger partial charge in [0.2, 0.25) is 0 Å². The van der Waals surface area contributed by atoms with Crippen molar-refractivity contribution >= 4 is 15.7 Å². The van der Waals surface area contributed by atoms with Gasteiger partial charge in [-0.2, -0.15) is 0 Å². The number of hydrogen-bond donors (Lipinski definition) is 0. The van der Waals surface area contributed by atoms with E-state index in [1.807, 2.05) is 0 Å². The number of nitrogens with zero attached hydrogens (tertiary/aromatic N) is 1. The summed E-state index contributed by atoms with van der Waals surface area (Å²) in [6, 6.07) is 12.5. The average molecular weight is 420 g/mol. The van der Waals surface area contributed by atoms with Crippen LogP contribution in [0.15, 0.2) is 48.5 Å². The van der Waals surface area contributed by atoms with Crippen LogP contribution in [-0.4, -0.2) is 43.4 Å². The van der Waals surface area contributed by atoms with Crippen LogP contribution in [0.5, 0.6) is 5.75 Å². The molecule has 0 aliphatic carbocycles. The van der Waals surface area contributed by atoms with E-state index < -0.39 is 15.9 Å². The molecule has 29 heavy (non-hydrogen) atoms. The second-order valence-electron chi connectivity index (χ2n) is 7.35. The number of carbonyl (C=O) groups excluding carboxylic acids is 1. The van der Waals surface area contributed by atoms with Crippen LogP contribution in [0.4, 0.5) is 4.39 Å². The highest BCUT2D eigenvalue weighted by Gasteiger charge is 2.35. The second kappa shape index (κ2) is 9.39. The molecule has 1 saturated heterocycles. The highest BCUT2D eigenvalue weighted by atomic mass is 32.2. The number of hydrogen-bond acceptors (Lipinski definition) is 4. The van der Waals surface area contributed by atoms with E-state index in [0.717, 1.165) is 12.8 Å². The summed E-state index contributed by atoms with van der Waals surface area (Å²) in [5, 5.41) is 0. The second-order valence-corrected chi connectivity index (χ2v) is 9.58. The van der Waals surface area contributed by atoms with Gasteiger partial charge in [0, 0.05) is 18.2 Å². The Morgan fingerprint density at radius 3 is 2.69 bits per heavy atom. The van der Waals surface area contributed by atoms with Gasteiger partial charge >= 0.3 is 0 Å². The van der Waals surface area contributed by atoms with Gasteiger partial charge in [-0.1, -0.05) is 31.5 Å². The maximum absolute atomic E-state index is 13.6. The molecule has 2 aromatic rings. The lowest BCUT2D eigenvalue weighted by Crippen LogP contribution is -2.40. The first-order chi connectivity index (χ1) is 13.9. The molecule has 0 radical (unpaired) electrons. The topological polar surface area (TPSA) is 63.7 Å². The Kier molecular flexibility index (Phi) is 6.90. The van der Waals surface area contributed by atoms with Crippen molar-refractivity contribution in [2.24, 2.45) is 0 Å². The number of rotatable bonds is 8. The monoisotopic (exact) mass is 419 g/mol. The molecule has 3 rings (SSSR count). The molecule has 2 aromatic carbocycles. The highest BCUT2D eigenvalue weighted by molar-refractivity contribution is 7.91. The van der Waals surface area contributed by atoms with Crippen molar-refractivity contribution in [3.63, 3.8) is 0 Å². The molecule has 1 unspecified atom stereocenters. The van der Waals surface area contributed by atoms with Crippen molar-refractivity contribution in [1.29, 1.82) is 0 Å². The Bertz CT molecular complexity index is 961. The summed E-state index contributed by atoms with van der Waals surface area (Å²) in [4.78, 5) is 14.8. The Morgan fingerprint density at radius 1 is 1.21 bits per heavy atom. The van der Waals surface area contributed by atoms with E-state index in [0.29, 0.717) is 29.9 Å². The van der Waals surface area contributed by atoms with Crippen LogP contribution < -0.4 is 4.74 Å². The zero-order chi connectivity index (χ0) is 20.9. The molecule has 7 heteroatoms. The molecular formula is C22H26FNO4S. The Labute approximate surface area is 171 Å². The summed E-state index contributed by atoms with van der Waals surface area (Å²) < 4.78 is 43.3. The molecule has 1 fully saturated rings. The van der Waals surface area contributed by atoms with E-state index in [-0.39, 0.29) is 29.8 Å². The van der Waals surface area contributed by atoms with Crippen LogP contribution >= 0.6 is 0 Å². The summed E-state index contributed by atoms with van der Waals surface area (Å²) in [5.41, 5.74) is 1.05. The Hall–Kier alpha value is -2.41. The van der Waals surface area contributed by atoms with Crippen molar-refractivity contribution in [3.05, 3.63) is 65.5 Å². The summed E-state index contributed by atoms with van der Waals surface area (Å²) in [6.45, 7) is 2.79. The van der Waals surface area contributed by atoms with Crippen LogP contribution in [0.3, 0.4) is 0 Å². The number of unbranched alkanes of at least 4 members (excludes halogenated alkanes) is 1. The molecule has 1 atom stereocenters. The third-order valence-electron chi connectivity index (χ3n) is 5.00. The predicted molar refractivity (Wildman–Crippen MR) is 110 cm³/mol. The quantitative estimate of drug-likeness (QED) is 0.610. The molecule has 0 bridgehead atoms. The molecule has 0 N–H and O–H groups in total. The molecule has 1 aliphatic rings. The maximum atomic E-state index is 13.6. The van der Waals surface area contributed by atoms with Gasteiger partial charge in [-0.3, -0.25) is 4.79 Å². The van der Waals surface area contributed by atoms with Gasteiger partial charge in [0.25, 0.3) is 5.91 Å². The highest BCUT2D eigenvalue weighted by Crippen LogP contribution is 2.24. The predicted octanol–water partition coefficient (Wildman–Crippen LogP) is 3.83. The minimum atomic E-state index is -3.17. The summed E-state index contributed by atoms with van der Waals surface area (Å²) in [7, 11) is -3.17. The van der Waals surface area contributed by atoms with Crippen LogP contribution in [0.2, 0.25) is 0 Å². The average Bonchev–Trinajstić information content (AvgIpc) is 3.05. The van der Waals surface area contributed by atoms with E-state index in [9.17, 15) is 17.6 Å². The van der Waals surface area contributed by atoms with Crippen LogP contribution in [0.1, 0.15) is 42.1 Å². The van der Waals surface area contributed by atoms with Crippen molar-refractivity contribution in [2.45, 2.75) is 38.8 Å². The standard InChI is InChI=1S/C22H26FNO4S/c1-2-3-11-28-21-9-5-7-18(14-21)22(25)24(20-10-12-29(26,27)16-20)15-17-6-4-8-19(23)13-17/h4-9,13-14,20H,2-3,10-12,15-16H2,1H3. The minimum absolute atomic E-state index is 0.0603. The fourth-order valence-electron chi connectivity index (χ4n) is 3.44. The molecule has 1 amide bonds. The van der Waals surface area contributed by atoms with Crippen molar-refractivity contribution in [2.75, 3.05) is 18.1 Å². The van der Waals surface area contributed by atoms with Gasteiger partial charge < -0.3 is 9.64 Å². The van der Waals surface area contributed by atoms with Crippen LogP contribution in [0.25, 0.3) is 0 Å². The third-order valence-corrected chi connectivity index (χ3v) is 6.75. The van der Waals surface area contributed by atoms with E-state index in [1.165, 1.54) is 12.1 Å². The molecule has 1 heterocycles. The Morgan fingerprint density at radius 2 is 2.00 bits per heavy atom. The van der Waals surface area contributed by atoms with Gasteiger partial charge in [-0.15, -0.1) is 0 Å². The summed E-state index contributed by atoms with van der Waals surface area (Å²) >= 11 is 0. The first-order valence-corrected chi connectivity index (χ1v) is 11.7. The smallest absolute Gasteiger partial charge is 0.254 e.